The second kappa shape index (κ2) is 8.82. The van der Waals surface area contributed by atoms with Gasteiger partial charge in [0.25, 0.3) is 0 Å². The maximum atomic E-state index is 11.8. The van der Waals surface area contributed by atoms with Gasteiger partial charge in [-0.3, -0.25) is 4.90 Å². The number of rotatable bonds is 4. The number of allylic oxidation sites excluding steroid dienone is 3. The van der Waals surface area contributed by atoms with Gasteiger partial charge < -0.3 is 4.74 Å². The molecule has 1 aromatic carbocycles. The summed E-state index contributed by atoms with van der Waals surface area (Å²) in [5.74, 6) is 0.227. The molecule has 0 bridgehead atoms. The van der Waals surface area contributed by atoms with Gasteiger partial charge in [-0.2, -0.15) is 0 Å². The average Bonchev–Trinajstić information content (AvgIpc) is 2.99. The molecule has 0 spiro atoms. The van der Waals surface area contributed by atoms with Crippen LogP contribution < -0.4 is 0 Å². The lowest BCUT2D eigenvalue weighted by atomic mass is 9.99. The fourth-order valence-corrected chi connectivity index (χ4v) is 3.58. The number of nitrogens with zero attached hydrogens (tertiary/aromatic N) is 1. The number of benzene rings is 1. The molecule has 0 N–H and O–H groups in total. The summed E-state index contributed by atoms with van der Waals surface area (Å²) in [7, 11) is 0. The van der Waals surface area contributed by atoms with Crippen molar-refractivity contribution in [3.8, 4) is 0 Å². The van der Waals surface area contributed by atoms with E-state index in [2.05, 4.69) is 53.5 Å². The van der Waals surface area contributed by atoms with Gasteiger partial charge in [0.2, 0.25) is 0 Å². The third-order valence-corrected chi connectivity index (χ3v) is 4.75. The minimum Gasteiger partial charge on any atom is -0.463 e. The van der Waals surface area contributed by atoms with Crippen molar-refractivity contribution in [1.82, 2.24) is 4.90 Å². The zero-order valence-electron chi connectivity index (χ0n) is 15.0. The number of fused-ring (bicyclic) bond motifs is 1. The Morgan fingerprint density at radius 2 is 2.16 bits per heavy atom. The van der Waals surface area contributed by atoms with Gasteiger partial charge in [0.15, 0.2) is 0 Å². The third-order valence-electron chi connectivity index (χ3n) is 4.75. The second-order valence-electron chi connectivity index (χ2n) is 6.77. The highest BCUT2D eigenvalue weighted by atomic mass is 16.5. The van der Waals surface area contributed by atoms with E-state index in [1.54, 1.807) is 6.08 Å². The highest BCUT2D eigenvalue weighted by Crippen LogP contribution is 2.29. The van der Waals surface area contributed by atoms with Crippen LogP contribution in [0.1, 0.15) is 31.7 Å². The minimum absolute atomic E-state index is 0.225. The summed E-state index contributed by atoms with van der Waals surface area (Å²) in [4.78, 5) is 14.3. The fraction of sp³-hybridized carbons (Fsp3) is 0.409. The Hall–Kier alpha value is -2.13. The predicted molar refractivity (Wildman–Crippen MR) is 101 cm³/mol. The van der Waals surface area contributed by atoms with Gasteiger partial charge in [-0.1, -0.05) is 48.6 Å². The number of ether oxygens (including phenoxy) is 1. The van der Waals surface area contributed by atoms with Crippen molar-refractivity contribution in [3.05, 3.63) is 71.3 Å². The molecule has 3 rings (SSSR count). The highest BCUT2D eigenvalue weighted by molar-refractivity contribution is 5.83. The van der Waals surface area contributed by atoms with Crippen molar-refractivity contribution >= 4 is 5.97 Å². The van der Waals surface area contributed by atoms with Crippen molar-refractivity contribution < 1.29 is 9.53 Å². The topological polar surface area (TPSA) is 29.5 Å². The molecule has 2 aliphatic rings. The van der Waals surface area contributed by atoms with E-state index in [4.69, 9.17) is 4.74 Å². The van der Waals surface area contributed by atoms with Crippen molar-refractivity contribution in [2.24, 2.45) is 5.92 Å². The molecule has 25 heavy (non-hydrogen) atoms. The number of hydrogen-bond acceptors (Lipinski definition) is 3. The van der Waals surface area contributed by atoms with Gasteiger partial charge >= 0.3 is 5.97 Å². The number of carbonyl (C=O) groups is 1. The first kappa shape index (κ1) is 17.7. The summed E-state index contributed by atoms with van der Waals surface area (Å²) in [5.41, 5.74) is 3.86. The van der Waals surface area contributed by atoms with E-state index in [1.165, 1.54) is 11.1 Å². The van der Waals surface area contributed by atoms with Crippen molar-refractivity contribution in [3.63, 3.8) is 0 Å². The SMILES string of the molecule is CCOC(=O)/C=C1/C=C2/CN(Cc3ccccc3)CC2/C=C\CCC1. The van der Waals surface area contributed by atoms with Crippen LogP contribution in [-0.4, -0.2) is 30.6 Å². The molecule has 1 aliphatic heterocycles. The smallest absolute Gasteiger partial charge is 0.331 e. The lowest BCUT2D eigenvalue weighted by Crippen LogP contribution is -2.19. The Morgan fingerprint density at radius 3 is 2.96 bits per heavy atom. The summed E-state index contributed by atoms with van der Waals surface area (Å²) in [6.07, 6.45) is 11.6. The normalized spacial score (nSPS) is 26.0. The molecule has 132 valence electrons. The van der Waals surface area contributed by atoms with E-state index in [-0.39, 0.29) is 5.97 Å². The van der Waals surface area contributed by atoms with Crippen molar-refractivity contribution in [1.29, 1.82) is 0 Å². The predicted octanol–water partition coefficient (Wildman–Crippen LogP) is 4.27. The Morgan fingerprint density at radius 1 is 1.32 bits per heavy atom. The first-order valence-electron chi connectivity index (χ1n) is 9.25. The van der Waals surface area contributed by atoms with Crippen LogP contribution in [0.4, 0.5) is 0 Å². The Labute approximate surface area is 150 Å². The van der Waals surface area contributed by atoms with Gasteiger partial charge in [0.1, 0.15) is 0 Å². The quantitative estimate of drug-likeness (QED) is 0.467. The van der Waals surface area contributed by atoms with Crippen LogP contribution in [0.5, 0.6) is 0 Å². The van der Waals surface area contributed by atoms with Crippen LogP contribution in [0.2, 0.25) is 0 Å². The molecule has 1 aliphatic carbocycles. The Kier molecular flexibility index (Phi) is 6.24. The molecule has 1 fully saturated rings. The summed E-state index contributed by atoms with van der Waals surface area (Å²) < 4.78 is 5.09. The summed E-state index contributed by atoms with van der Waals surface area (Å²) >= 11 is 0. The lowest BCUT2D eigenvalue weighted by molar-refractivity contribution is -0.137. The standard InChI is InChI=1S/C22H27NO2/c1-2-25-22(24)14-19-11-7-4-8-12-20-16-23(17-21(20)13-19)15-18-9-5-3-6-10-18/h3,5-6,8-10,12-14,20H,2,4,7,11,15-17H2,1H3/b12-8-,19-14+,21-13-. The highest BCUT2D eigenvalue weighted by Gasteiger charge is 2.26. The lowest BCUT2D eigenvalue weighted by Gasteiger charge is -2.14. The third kappa shape index (κ3) is 5.17. The molecule has 1 atom stereocenters. The molecule has 1 unspecified atom stereocenters. The zero-order valence-corrected chi connectivity index (χ0v) is 15.0. The molecule has 1 aromatic rings. The molecule has 3 nitrogen and oxygen atoms in total. The largest absolute Gasteiger partial charge is 0.463 e. The molecule has 1 heterocycles. The van der Waals surface area contributed by atoms with E-state index in [0.717, 1.165) is 44.5 Å². The van der Waals surface area contributed by atoms with E-state index in [9.17, 15) is 4.79 Å². The van der Waals surface area contributed by atoms with E-state index < -0.39 is 0 Å². The Balaban J connectivity index is 1.76. The van der Waals surface area contributed by atoms with Crippen LogP contribution in [0, 0.1) is 5.92 Å². The van der Waals surface area contributed by atoms with E-state index >= 15 is 0 Å². The molecule has 3 heteroatoms. The van der Waals surface area contributed by atoms with Crippen LogP contribution in [0.15, 0.2) is 65.8 Å². The molecule has 1 saturated heterocycles. The average molecular weight is 337 g/mol. The van der Waals surface area contributed by atoms with Crippen LogP contribution in [-0.2, 0) is 16.1 Å². The number of esters is 1. The van der Waals surface area contributed by atoms with Gasteiger partial charge in [0, 0.05) is 31.6 Å². The van der Waals surface area contributed by atoms with Crippen LogP contribution >= 0.6 is 0 Å². The van der Waals surface area contributed by atoms with Crippen LogP contribution in [0.25, 0.3) is 0 Å². The number of likely N-dealkylation sites (tertiary alicyclic amines) is 1. The van der Waals surface area contributed by atoms with Gasteiger partial charge in [0.05, 0.1) is 6.61 Å². The first-order chi connectivity index (χ1) is 12.2. The molecule has 0 radical (unpaired) electrons. The molecule has 0 aromatic heterocycles. The molecule has 0 amide bonds. The number of hydrogen-bond donors (Lipinski definition) is 0. The monoisotopic (exact) mass is 337 g/mol. The van der Waals surface area contributed by atoms with E-state index in [1.807, 2.05) is 6.92 Å². The van der Waals surface area contributed by atoms with Gasteiger partial charge in [-0.15, -0.1) is 0 Å². The van der Waals surface area contributed by atoms with Crippen molar-refractivity contribution in [2.75, 3.05) is 19.7 Å². The molecular weight excluding hydrogens is 310 g/mol. The van der Waals surface area contributed by atoms with Crippen LogP contribution in [0.3, 0.4) is 0 Å². The molecule has 0 saturated carbocycles. The van der Waals surface area contributed by atoms with E-state index in [0.29, 0.717) is 12.5 Å². The van der Waals surface area contributed by atoms with Gasteiger partial charge in [-0.25, -0.2) is 4.79 Å². The summed E-state index contributed by atoms with van der Waals surface area (Å²) in [6, 6.07) is 10.6. The van der Waals surface area contributed by atoms with Crippen molar-refractivity contribution in [2.45, 2.75) is 32.7 Å². The number of carbonyl (C=O) groups excluding carboxylic acids is 1. The zero-order chi connectivity index (χ0) is 17.5. The first-order valence-corrected chi connectivity index (χ1v) is 9.25. The molecular formula is C22H27NO2. The summed E-state index contributed by atoms with van der Waals surface area (Å²) in [6.45, 7) is 5.25. The maximum Gasteiger partial charge on any atom is 0.331 e. The Bertz CT molecular complexity index is 673. The maximum absolute atomic E-state index is 11.8. The van der Waals surface area contributed by atoms with Gasteiger partial charge in [-0.05, 0) is 42.9 Å². The minimum atomic E-state index is -0.225. The fourth-order valence-electron chi connectivity index (χ4n) is 3.58. The summed E-state index contributed by atoms with van der Waals surface area (Å²) in [5, 5.41) is 0. The second-order valence-corrected chi connectivity index (χ2v) is 6.77.